The third-order valence-corrected chi connectivity index (χ3v) is 7.72. The van der Waals surface area contributed by atoms with Crippen LogP contribution in [0.2, 0.25) is 0 Å². The molecule has 0 spiro atoms. The standard InChI is InChI=1S/C22H22F2N4OS2/c1-21(2)19(29)26-20(31-21)28-22(11-6-12-25,14-7-4-3-5-8-14)30-18(27-28)16-13-15(23)9-10-17(16)24/h3-5,7-10,13H,6,11-12,25H2,1-2H3. The van der Waals surface area contributed by atoms with Gasteiger partial charge in [-0.05, 0) is 57.0 Å². The Labute approximate surface area is 188 Å². The summed E-state index contributed by atoms with van der Waals surface area (Å²) >= 11 is 2.65. The Balaban J connectivity index is 1.87. The Kier molecular flexibility index (Phi) is 5.93. The summed E-state index contributed by atoms with van der Waals surface area (Å²) < 4.78 is 27.8. The van der Waals surface area contributed by atoms with Crippen molar-refractivity contribution in [3.8, 4) is 0 Å². The molecule has 0 radical (unpaired) electrons. The third-order valence-electron chi connectivity index (χ3n) is 5.14. The fourth-order valence-corrected chi connectivity index (χ4v) is 5.97. The van der Waals surface area contributed by atoms with E-state index >= 15 is 0 Å². The number of thioether (sulfide) groups is 2. The summed E-state index contributed by atoms with van der Waals surface area (Å²) in [6, 6.07) is 13.0. The van der Waals surface area contributed by atoms with Crippen LogP contribution in [-0.4, -0.2) is 32.4 Å². The van der Waals surface area contributed by atoms with Crippen LogP contribution in [0.3, 0.4) is 0 Å². The van der Waals surface area contributed by atoms with Crippen molar-refractivity contribution in [1.82, 2.24) is 5.01 Å². The number of hydrogen-bond acceptors (Lipinski definition) is 6. The highest BCUT2D eigenvalue weighted by atomic mass is 32.2. The van der Waals surface area contributed by atoms with Crippen LogP contribution in [0, 0.1) is 11.6 Å². The summed E-state index contributed by atoms with van der Waals surface area (Å²) in [6.45, 7) is 4.07. The number of aliphatic imine (C=N–C) groups is 1. The van der Waals surface area contributed by atoms with Gasteiger partial charge in [-0.1, -0.05) is 53.9 Å². The number of benzene rings is 2. The number of rotatable bonds is 5. The van der Waals surface area contributed by atoms with Crippen molar-refractivity contribution in [2.75, 3.05) is 6.54 Å². The lowest BCUT2D eigenvalue weighted by Crippen LogP contribution is -2.40. The quantitative estimate of drug-likeness (QED) is 0.702. The zero-order valence-corrected chi connectivity index (χ0v) is 18.8. The number of carbonyl (C=O) groups is 1. The Bertz CT molecular complexity index is 1070. The molecule has 162 valence electrons. The highest BCUT2D eigenvalue weighted by Crippen LogP contribution is 2.53. The molecule has 0 aromatic heterocycles. The summed E-state index contributed by atoms with van der Waals surface area (Å²) in [6.07, 6.45) is 1.25. The van der Waals surface area contributed by atoms with Crippen LogP contribution < -0.4 is 5.73 Å². The lowest BCUT2D eigenvalue weighted by molar-refractivity contribution is -0.119. The van der Waals surface area contributed by atoms with E-state index < -0.39 is 21.3 Å². The van der Waals surface area contributed by atoms with Crippen LogP contribution in [0.4, 0.5) is 8.78 Å². The first-order valence-electron chi connectivity index (χ1n) is 9.88. The van der Waals surface area contributed by atoms with E-state index in [-0.39, 0.29) is 11.5 Å². The molecule has 5 nitrogen and oxygen atoms in total. The van der Waals surface area contributed by atoms with Gasteiger partial charge in [-0.25, -0.2) is 13.8 Å². The molecule has 1 unspecified atom stereocenters. The van der Waals surface area contributed by atoms with Gasteiger partial charge in [-0.3, -0.25) is 4.79 Å². The molecule has 2 aromatic carbocycles. The van der Waals surface area contributed by atoms with E-state index in [1.54, 1.807) is 18.9 Å². The van der Waals surface area contributed by atoms with Crippen molar-refractivity contribution in [2.45, 2.75) is 36.3 Å². The first kappa shape index (κ1) is 22.0. The van der Waals surface area contributed by atoms with Crippen molar-refractivity contribution in [1.29, 1.82) is 0 Å². The Morgan fingerprint density at radius 2 is 1.84 bits per heavy atom. The smallest absolute Gasteiger partial charge is 0.264 e. The molecule has 2 heterocycles. The van der Waals surface area contributed by atoms with E-state index in [0.717, 1.165) is 23.8 Å². The Morgan fingerprint density at radius 1 is 1.10 bits per heavy atom. The molecule has 2 N–H and O–H groups in total. The number of nitrogens with zero attached hydrogens (tertiary/aromatic N) is 3. The molecule has 9 heteroatoms. The maximum atomic E-state index is 14.6. The fraction of sp³-hybridized carbons (Fsp3) is 0.318. The second-order valence-electron chi connectivity index (χ2n) is 7.80. The van der Waals surface area contributed by atoms with Crippen molar-refractivity contribution >= 4 is 39.6 Å². The number of nitrogens with two attached hydrogens (primary N) is 1. The molecular weight excluding hydrogens is 438 g/mol. The van der Waals surface area contributed by atoms with E-state index in [1.165, 1.54) is 23.5 Å². The van der Waals surface area contributed by atoms with Crippen molar-refractivity contribution in [3.63, 3.8) is 0 Å². The van der Waals surface area contributed by atoms with Gasteiger partial charge in [-0.2, -0.15) is 10.1 Å². The van der Waals surface area contributed by atoms with Gasteiger partial charge in [0, 0.05) is 5.56 Å². The average Bonchev–Trinajstić information content (AvgIpc) is 3.26. The minimum Gasteiger partial charge on any atom is -0.330 e. The topological polar surface area (TPSA) is 71.0 Å². The van der Waals surface area contributed by atoms with Gasteiger partial charge in [0.1, 0.15) is 21.5 Å². The molecule has 4 rings (SSSR count). The van der Waals surface area contributed by atoms with E-state index in [1.807, 2.05) is 30.3 Å². The maximum Gasteiger partial charge on any atom is 0.264 e. The zero-order valence-electron chi connectivity index (χ0n) is 17.1. The first-order valence-corrected chi connectivity index (χ1v) is 11.5. The molecule has 0 aliphatic carbocycles. The molecule has 0 bridgehead atoms. The van der Waals surface area contributed by atoms with Crippen LogP contribution in [0.1, 0.15) is 37.8 Å². The van der Waals surface area contributed by atoms with Crippen molar-refractivity contribution in [3.05, 3.63) is 71.3 Å². The SMILES string of the molecule is CC1(C)SC(N2N=C(c3cc(F)ccc3F)SC2(CCCN)c2ccccc2)=NC1=O. The van der Waals surface area contributed by atoms with Gasteiger partial charge < -0.3 is 5.73 Å². The van der Waals surface area contributed by atoms with E-state index in [2.05, 4.69) is 10.1 Å². The van der Waals surface area contributed by atoms with E-state index in [4.69, 9.17) is 5.73 Å². The summed E-state index contributed by atoms with van der Waals surface area (Å²) in [5, 5.41) is 7.15. The average molecular weight is 461 g/mol. The predicted octanol–water partition coefficient (Wildman–Crippen LogP) is 4.68. The number of carbonyl (C=O) groups excluding carboxylic acids is 1. The number of hydrogen-bond donors (Lipinski definition) is 1. The van der Waals surface area contributed by atoms with Crippen LogP contribution in [-0.2, 0) is 9.67 Å². The van der Waals surface area contributed by atoms with Gasteiger partial charge in [0.25, 0.3) is 5.91 Å². The minimum atomic E-state index is -0.790. The summed E-state index contributed by atoms with van der Waals surface area (Å²) in [5.74, 6) is -1.36. The monoisotopic (exact) mass is 460 g/mol. The highest BCUT2D eigenvalue weighted by Gasteiger charge is 2.51. The molecule has 1 atom stereocenters. The molecule has 2 aliphatic heterocycles. The maximum absolute atomic E-state index is 14.6. The van der Waals surface area contributed by atoms with Crippen LogP contribution in [0.5, 0.6) is 0 Å². The molecule has 0 fully saturated rings. The fourth-order valence-electron chi connectivity index (χ4n) is 3.49. The van der Waals surface area contributed by atoms with Crippen molar-refractivity contribution in [2.24, 2.45) is 15.8 Å². The number of halogens is 2. The highest BCUT2D eigenvalue weighted by molar-refractivity contribution is 8.17. The van der Waals surface area contributed by atoms with Gasteiger partial charge in [-0.15, -0.1) is 0 Å². The Morgan fingerprint density at radius 3 is 2.48 bits per heavy atom. The predicted molar refractivity (Wildman–Crippen MR) is 123 cm³/mol. The summed E-state index contributed by atoms with van der Waals surface area (Å²) in [4.78, 5) is 15.9. The molecule has 2 aliphatic rings. The lowest BCUT2D eigenvalue weighted by Gasteiger charge is -2.37. The van der Waals surface area contributed by atoms with Crippen LogP contribution in [0.15, 0.2) is 58.6 Å². The first-order chi connectivity index (χ1) is 14.8. The van der Waals surface area contributed by atoms with Crippen molar-refractivity contribution < 1.29 is 13.6 Å². The normalized spacial score (nSPS) is 22.6. The van der Waals surface area contributed by atoms with E-state index in [9.17, 15) is 13.6 Å². The molecule has 31 heavy (non-hydrogen) atoms. The Hall–Kier alpha value is -2.23. The molecule has 1 amide bonds. The van der Waals surface area contributed by atoms with Gasteiger partial charge in [0.15, 0.2) is 5.17 Å². The molecule has 0 saturated heterocycles. The molecule has 2 aromatic rings. The zero-order chi connectivity index (χ0) is 22.2. The minimum absolute atomic E-state index is 0.0785. The molecular formula is C22H22F2N4OS2. The summed E-state index contributed by atoms with van der Waals surface area (Å²) in [7, 11) is 0. The second-order valence-corrected chi connectivity index (χ2v) is 10.7. The second kappa shape index (κ2) is 8.37. The largest absolute Gasteiger partial charge is 0.330 e. The third kappa shape index (κ3) is 4.02. The van der Waals surface area contributed by atoms with Crippen LogP contribution >= 0.6 is 23.5 Å². The number of amidine groups is 1. The molecule has 0 saturated carbocycles. The van der Waals surface area contributed by atoms with Gasteiger partial charge in [0.05, 0.1) is 4.75 Å². The van der Waals surface area contributed by atoms with Crippen LogP contribution in [0.25, 0.3) is 0 Å². The number of amides is 1. The van der Waals surface area contributed by atoms with Gasteiger partial charge in [0.2, 0.25) is 0 Å². The van der Waals surface area contributed by atoms with Gasteiger partial charge >= 0.3 is 0 Å². The van der Waals surface area contributed by atoms with E-state index in [0.29, 0.717) is 29.6 Å². The summed E-state index contributed by atoms with van der Waals surface area (Å²) in [5.41, 5.74) is 6.83. The lowest BCUT2D eigenvalue weighted by atomic mass is 10.0. The number of hydrazone groups is 1.